The Morgan fingerprint density at radius 3 is 2.69 bits per heavy atom. The van der Waals surface area contributed by atoms with Gasteiger partial charge in [-0.25, -0.2) is 9.31 Å². The van der Waals surface area contributed by atoms with Gasteiger partial charge in [-0.05, 0) is 75.1 Å². The summed E-state index contributed by atoms with van der Waals surface area (Å²) in [5.41, 5.74) is 1.99. The molecule has 5 rings (SSSR count). The van der Waals surface area contributed by atoms with Gasteiger partial charge in [0.1, 0.15) is 0 Å². The van der Waals surface area contributed by atoms with E-state index in [1.54, 1.807) is 10.7 Å². The molecule has 4 heterocycles. The summed E-state index contributed by atoms with van der Waals surface area (Å²) in [6, 6.07) is 6.28. The highest BCUT2D eigenvalue weighted by Crippen LogP contribution is 2.30. The molecule has 0 bridgehead atoms. The molecule has 3 aromatic rings. The van der Waals surface area contributed by atoms with E-state index in [4.69, 9.17) is 0 Å². The summed E-state index contributed by atoms with van der Waals surface area (Å²) < 4.78 is 3.23. The molecular weight excluding hydrogens is 402 g/mol. The number of hydrogen-bond donors (Lipinski definition) is 1. The lowest BCUT2D eigenvalue weighted by atomic mass is 9.84. The molecule has 2 aliphatic rings. The van der Waals surface area contributed by atoms with Crippen LogP contribution in [-0.4, -0.2) is 43.2 Å². The highest BCUT2D eigenvalue weighted by molar-refractivity contribution is 5.64. The predicted octanol–water partition coefficient (Wildman–Crippen LogP) is 3.40. The number of nitrogens with zero attached hydrogens (tertiary/aromatic N) is 4. The second-order valence-corrected chi connectivity index (χ2v) is 9.82. The van der Waals surface area contributed by atoms with E-state index in [1.165, 1.54) is 80.4 Å². The second kappa shape index (κ2) is 9.06. The molecule has 1 saturated carbocycles. The molecule has 32 heavy (non-hydrogen) atoms. The molecular formula is C25H33N5O2. The van der Waals surface area contributed by atoms with Crippen LogP contribution in [0.4, 0.5) is 0 Å². The van der Waals surface area contributed by atoms with E-state index in [-0.39, 0.29) is 0 Å². The van der Waals surface area contributed by atoms with Crippen LogP contribution in [0.15, 0.2) is 46.4 Å². The summed E-state index contributed by atoms with van der Waals surface area (Å²) in [7, 11) is 0. The van der Waals surface area contributed by atoms with Crippen molar-refractivity contribution in [2.45, 2.75) is 64.3 Å². The largest absolute Gasteiger partial charge is 0.333 e. The van der Waals surface area contributed by atoms with Crippen molar-refractivity contribution in [3.63, 3.8) is 0 Å². The van der Waals surface area contributed by atoms with E-state index in [1.807, 2.05) is 6.20 Å². The molecule has 0 aromatic carbocycles. The SMILES string of the molecule is C[C@@H]1C[C@H](Cc2ccn3ncc(-n4ccc(=O)[nH]c4=O)c3c2)CCN1CC1CCCCC1. The summed E-state index contributed by atoms with van der Waals surface area (Å²) in [6.07, 6.45) is 15.8. The van der Waals surface area contributed by atoms with Crippen LogP contribution >= 0.6 is 0 Å². The van der Waals surface area contributed by atoms with E-state index in [0.29, 0.717) is 17.6 Å². The Balaban J connectivity index is 1.28. The van der Waals surface area contributed by atoms with E-state index in [2.05, 4.69) is 34.0 Å². The van der Waals surface area contributed by atoms with Gasteiger partial charge in [0.25, 0.3) is 5.56 Å². The maximum Gasteiger partial charge on any atom is 0.333 e. The molecule has 2 fully saturated rings. The lowest BCUT2D eigenvalue weighted by Gasteiger charge is -2.40. The summed E-state index contributed by atoms with van der Waals surface area (Å²) in [5.74, 6) is 1.58. The number of H-pyrrole nitrogens is 1. The molecule has 7 nitrogen and oxygen atoms in total. The Bertz CT molecular complexity index is 1190. The maximum absolute atomic E-state index is 12.3. The standard InChI is InChI=1S/C25H33N5O2/c1-18-13-20(7-10-28(18)17-19-5-3-2-4-6-19)14-21-8-12-30-22(15-21)23(16-26-30)29-11-9-24(31)27-25(29)32/h8-9,11-12,15-16,18-20H,2-7,10,13-14,17H2,1H3,(H,27,31,32)/t18-,20-/m1/s1. The Morgan fingerprint density at radius 2 is 1.91 bits per heavy atom. The Labute approximate surface area is 188 Å². The Hall–Kier alpha value is -2.67. The third kappa shape index (κ3) is 4.44. The number of rotatable bonds is 5. The molecule has 170 valence electrons. The first-order valence-corrected chi connectivity index (χ1v) is 12.1. The van der Waals surface area contributed by atoms with Gasteiger partial charge < -0.3 is 4.90 Å². The number of hydrogen-bond acceptors (Lipinski definition) is 4. The third-order valence-electron chi connectivity index (χ3n) is 7.51. The molecule has 0 radical (unpaired) electrons. The van der Waals surface area contributed by atoms with Gasteiger partial charge >= 0.3 is 5.69 Å². The first-order chi connectivity index (χ1) is 15.6. The average molecular weight is 436 g/mol. The zero-order valence-corrected chi connectivity index (χ0v) is 18.9. The lowest BCUT2D eigenvalue weighted by molar-refractivity contribution is 0.0948. The van der Waals surface area contributed by atoms with Crippen molar-refractivity contribution in [2.24, 2.45) is 11.8 Å². The van der Waals surface area contributed by atoms with Crippen LogP contribution in [0.3, 0.4) is 0 Å². The summed E-state index contributed by atoms with van der Waals surface area (Å²) in [4.78, 5) is 28.7. The van der Waals surface area contributed by atoms with E-state index in [0.717, 1.165) is 17.9 Å². The Kier molecular flexibility index (Phi) is 6.00. The van der Waals surface area contributed by atoms with Crippen LogP contribution in [0.2, 0.25) is 0 Å². The summed E-state index contributed by atoms with van der Waals surface area (Å²) in [5, 5.41) is 4.38. The normalized spacial score (nSPS) is 23.0. The van der Waals surface area contributed by atoms with Crippen molar-refractivity contribution >= 4 is 5.52 Å². The van der Waals surface area contributed by atoms with E-state index < -0.39 is 11.2 Å². The highest BCUT2D eigenvalue weighted by Gasteiger charge is 2.28. The van der Waals surface area contributed by atoms with Gasteiger partial charge in [0.2, 0.25) is 0 Å². The molecule has 1 aliphatic heterocycles. The van der Waals surface area contributed by atoms with Gasteiger partial charge in [-0.2, -0.15) is 5.10 Å². The fourth-order valence-corrected chi connectivity index (χ4v) is 5.74. The first-order valence-electron chi connectivity index (χ1n) is 12.1. The number of fused-ring (bicyclic) bond motifs is 1. The van der Waals surface area contributed by atoms with Crippen molar-refractivity contribution in [1.29, 1.82) is 0 Å². The third-order valence-corrected chi connectivity index (χ3v) is 7.51. The van der Waals surface area contributed by atoms with Crippen molar-refractivity contribution in [2.75, 3.05) is 13.1 Å². The molecule has 0 amide bonds. The number of aromatic amines is 1. The average Bonchev–Trinajstić information content (AvgIpc) is 3.19. The molecule has 2 atom stereocenters. The maximum atomic E-state index is 12.3. The minimum atomic E-state index is -0.447. The molecule has 1 N–H and O–H groups in total. The summed E-state index contributed by atoms with van der Waals surface area (Å²) in [6.45, 7) is 4.89. The molecule has 1 aliphatic carbocycles. The van der Waals surface area contributed by atoms with Crippen LogP contribution in [0.1, 0.15) is 57.4 Å². The van der Waals surface area contributed by atoms with Gasteiger partial charge in [0, 0.05) is 31.0 Å². The Morgan fingerprint density at radius 1 is 1.06 bits per heavy atom. The van der Waals surface area contributed by atoms with E-state index in [9.17, 15) is 9.59 Å². The second-order valence-electron chi connectivity index (χ2n) is 9.82. The number of nitrogens with one attached hydrogen (secondary N) is 1. The number of pyridine rings is 1. The number of aromatic nitrogens is 4. The fourth-order valence-electron chi connectivity index (χ4n) is 5.74. The van der Waals surface area contributed by atoms with Gasteiger partial charge in [-0.3, -0.25) is 14.3 Å². The van der Waals surface area contributed by atoms with Crippen LogP contribution in [0, 0.1) is 11.8 Å². The van der Waals surface area contributed by atoms with Crippen molar-refractivity contribution in [1.82, 2.24) is 24.1 Å². The minimum absolute atomic E-state index is 0.396. The van der Waals surface area contributed by atoms with Crippen molar-refractivity contribution in [3.05, 3.63) is 63.2 Å². The topological polar surface area (TPSA) is 75.4 Å². The lowest BCUT2D eigenvalue weighted by Crippen LogP contribution is -2.43. The predicted molar refractivity (Wildman–Crippen MR) is 125 cm³/mol. The van der Waals surface area contributed by atoms with Crippen molar-refractivity contribution < 1.29 is 0 Å². The molecule has 3 aromatic heterocycles. The monoisotopic (exact) mass is 435 g/mol. The minimum Gasteiger partial charge on any atom is -0.300 e. The smallest absolute Gasteiger partial charge is 0.300 e. The fraction of sp³-hybridized carbons (Fsp3) is 0.560. The first kappa shape index (κ1) is 21.2. The van der Waals surface area contributed by atoms with Gasteiger partial charge in [-0.15, -0.1) is 0 Å². The molecule has 1 saturated heterocycles. The highest BCUT2D eigenvalue weighted by atomic mass is 16.2. The molecule has 0 spiro atoms. The zero-order chi connectivity index (χ0) is 22.1. The quantitative estimate of drug-likeness (QED) is 0.667. The van der Waals surface area contributed by atoms with Gasteiger partial charge in [0.15, 0.2) is 0 Å². The van der Waals surface area contributed by atoms with Crippen LogP contribution in [-0.2, 0) is 6.42 Å². The zero-order valence-electron chi connectivity index (χ0n) is 18.9. The number of piperidine rings is 1. The van der Waals surface area contributed by atoms with E-state index >= 15 is 0 Å². The van der Waals surface area contributed by atoms with Crippen LogP contribution in [0.5, 0.6) is 0 Å². The molecule has 0 unspecified atom stereocenters. The van der Waals surface area contributed by atoms with Gasteiger partial charge in [0.05, 0.1) is 17.4 Å². The number of likely N-dealkylation sites (tertiary alicyclic amines) is 1. The summed E-state index contributed by atoms with van der Waals surface area (Å²) >= 11 is 0. The van der Waals surface area contributed by atoms with Crippen LogP contribution in [0.25, 0.3) is 11.2 Å². The van der Waals surface area contributed by atoms with Gasteiger partial charge in [-0.1, -0.05) is 19.3 Å². The van der Waals surface area contributed by atoms with Crippen LogP contribution < -0.4 is 11.2 Å². The van der Waals surface area contributed by atoms with Crippen molar-refractivity contribution in [3.8, 4) is 5.69 Å². The molecule has 7 heteroatoms.